The molecule has 0 unspecified atom stereocenters. The first-order valence-electron chi connectivity index (χ1n) is 3.65. The van der Waals surface area contributed by atoms with Crippen molar-refractivity contribution in [3.8, 4) is 5.75 Å². The van der Waals surface area contributed by atoms with Crippen LogP contribution in [-0.4, -0.2) is 29.1 Å². The Bertz CT molecular complexity index is 317. The van der Waals surface area contributed by atoms with Gasteiger partial charge in [-0.3, -0.25) is 4.79 Å². The van der Waals surface area contributed by atoms with E-state index in [0.29, 0.717) is 12.2 Å². The third-order valence-corrected chi connectivity index (χ3v) is 1.45. The van der Waals surface area contributed by atoms with Crippen LogP contribution < -0.4 is 5.56 Å². The van der Waals surface area contributed by atoms with Gasteiger partial charge in [0.2, 0.25) is 5.56 Å². The Balaban J connectivity index is 2.97. The Labute approximate surface area is 70.5 Å². The molecule has 12 heavy (non-hydrogen) atoms. The molecule has 0 saturated heterocycles. The lowest BCUT2D eigenvalue weighted by molar-refractivity contribution is 0.378. The summed E-state index contributed by atoms with van der Waals surface area (Å²) in [5.74, 6) is 0.128. The van der Waals surface area contributed by atoms with Gasteiger partial charge in [-0.2, -0.15) is 0 Å². The molecule has 1 heterocycles. The van der Waals surface area contributed by atoms with E-state index in [-0.39, 0.29) is 11.3 Å². The molecule has 0 atom stereocenters. The van der Waals surface area contributed by atoms with Gasteiger partial charge in [0.15, 0.2) is 0 Å². The molecule has 2 N–H and O–H groups in total. The average Bonchev–Trinajstić information content (AvgIpc) is 1.96. The molecule has 1 aromatic heterocycles. The Hall–Kier alpha value is -1.29. The van der Waals surface area contributed by atoms with Crippen LogP contribution in [0.25, 0.3) is 0 Å². The summed E-state index contributed by atoms with van der Waals surface area (Å²) in [6, 6.07) is 2.70. The van der Waals surface area contributed by atoms with Gasteiger partial charge >= 0.3 is 0 Å². The normalized spacial score (nSPS) is 10.6. The molecular formula is C8H12N2O2. The van der Waals surface area contributed by atoms with E-state index in [1.807, 2.05) is 19.0 Å². The fraction of sp³-hybridized carbons (Fsp3) is 0.375. The maximum absolute atomic E-state index is 10.8. The maximum atomic E-state index is 10.8. The number of aromatic nitrogens is 1. The van der Waals surface area contributed by atoms with Gasteiger partial charge in [-0.05, 0) is 20.2 Å². The first-order valence-corrected chi connectivity index (χ1v) is 3.65. The van der Waals surface area contributed by atoms with Crippen molar-refractivity contribution in [1.82, 2.24) is 9.88 Å². The van der Waals surface area contributed by atoms with Crippen molar-refractivity contribution < 1.29 is 5.11 Å². The van der Waals surface area contributed by atoms with Crippen molar-refractivity contribution in [3.63, 3.8) is 0 Å². The van der Waals surface area contributed by atoms with Crippen LogP contribution in [0.15, 0.2) is 16.9 Å². The first kappa shape index (κ1) is 8.80. The zero-order chi connectivity index (χ0) is 9.14. The summed E-state index contributed by atoms with van der Waals surface area (Å²) in [6.45, 7) is 0.530. The van der Waals surface area contributed by atoms with Gasteiger partial charge in [-0.25, -0.2) is 0 Å². The van der Waals surface area contributed by atoms with Crippen LogP contribution in [0, 0.1) is 0 Å². The molecule has 0 aliphatic rings. The van der Waals surface area contributed by atoms with Crippen LogP contribution in [0.2, 0.25) is 0 Å². The second-order valence-corrected chi connectivity index (χ2v) is 2.92. The van der Waals surface area contributed by atoms with Gasteiger partial charge in [0.05, 0.1) is 5.69 Å². The lowest BCUT2D eigenvalue weighted by Gasteiger charge is -2.09. The Morgan fingerprint density at radius 3 is 2.75 bits per heavy atom. The van der Waals surface area contributed by atoms with Crippen LogP contribution in [0.1, 0.15) is 5.69 Å². The highest BCUT2D eigenvalue weighted by molar-refractivity contribution is 5.24. The summed E-state index contributed by atoms with van der Waals surface area (Å²) in [5, 5.41) is 9.29. The molecule has 0 aliphatic carbocycles. The molecule has 0 radical (unpaired) electrons. The van der Waals surface area contributed by atoms with Gasteiger partial charge < -0.3 is 15.0 Å². The molecular weight excluding hydrogens is 156 g/mol. The predicted octanol–water partition coefficient (Wildman–Crippen LogP) is 0.142. The maximum Gasteiger partial charge on any atom is 0.248 e. The molecule has 1 aromatic rings. The largest absolute Gasteiger partial charge is 0.506 e. The standard InChI is InChI=1S/C8H12N2O2/c1-10(2)5-6-7(11)3-4-8(12)9-6/h3-4,11H,5H2,1-2H3,(H,9,12). The van der Waals surface area contributed by atoms with Crippen molar-refractivity contribution in [2.24, 2.45) is 0 Å². The summed E-state index contributed by atoms with van der Waals surface area (Å²) >= 11 is 0. The van der Waals surface area contributed by atoms with Crippen molar-refractivity contribution in [2.75, 3.05) is 14.1 Å². The van der Waals surface area contributed by atoms with Crippen LogP contribution in [0.4, 0.5) is 0 Å². The van der Waals surface area contributed by atoms with E-state index < -0.39 is 0 Å². The van der Waals surface area contributed by atoms with Gasteiger partial charge in [0.1, 0.15) is 5.75 Å². The monoisotopic (exact) mass is 168 g/mol. The fourth-order valence-corrected chi connectivity index (χ4v) is 0.946. The number of pyridine rings is 1. The second kappa shape index (κ2) is 3.40. The van der Waals surface area contributed by atoms with Crippen molar-refractivity contribution in [1.29, 1.82) is 0 Å². The van der Waals surface area contributed by atoms with Crippen molar-refractivity contribution in [3.05, 3.63) is 28.2 Å². The molecule has 1 rings (SSSR count). The van der Waals surface area contributed by atoms with Gasteiger partial charge in [0.25, 0.3) is 0 Å². The van der Waals surface area contributed by atoms with Crippen molar-refractivity contribution >= 4 is 0 Å². The minimum Gasteiger partial charge on any atom is -0.506 e. The van der Waals surface area contributed by atoms with Crippen LogP contribution in [-0.2, 0) is 6.54 Å². The third kappa shape index (κ3) is 2.10. The lowest BCUT2D eigenvalue weighted by atomic mass is 10.3. The minimum absolute atomic E-state index is 0.128. The Morgan fingerprint density at radius 2 is 2.17 bits per heavy atom. The molecule has 4 nitrogen and oxygen atoms in total. The van der Waals surface area contributed by atoms with E-state index in [4.69, 9.17) is 0 Å². The average molecular weight is 168 g/mol. The molecule has 0 saturated carbocycles. The Kier molecular flexibility index (Phi) is 2.50. The van der Waals surface area contributed by atoms with Crippen molar-refractivity contribution in [2.45, 2.75) is 6.54 Å². The number of hydrogen-bond donors (Lipinski definition) is 2. The number of nitrogens with zero attached hydrogens (tertiary/aromatic N) is 1. The predicted molar refractivity (Wildman–Crippen MR) is 46.1 cm³/mol. The van der Waals surface area contributed by atoms with Crippen LogP contribution in [0.3, 0.4) is 0 Å². The molecule has 66 valence electrons. The molecule has 4 heteroatoms. The summed E-state index contributed by atoms with van der Waals surface area (Å²) in [5.41, 5.74) is 0.358. The van der Waals surface area contributed by atoms with E-state index in [1.165, 1.54) is 12.1 Å². The molecule has 0 aliphatic heterocycles. The second-order valence-electron chi connectivity index (χ2n) is 2.92. The molecule has 0 aromatic carbocycles. The zero-order valence-electron chi connectivity index (χ0n) is 7.16. The summed E-state index contributed by atoms with van der Waals surface area (Å²) in [4.78, 5) is 15.3. The van der Waals surface area contributed by atoms with E-state index >= 15 is 0 Å². The van der Waals surface area contributed by atoms with E-state index in [0.717, 1.165) is 0 Å². The summed E-state index contributed by atoms with van der Waals surface area (Å²) in [7, 11) is 3.73. The quantitative estimate of drug-likeness (QED) is 0.660. The molecule has 0 spiro atoms. The highest BCUT2D eigenvalue weighted by atomic mass is 16.3. The smallest absolute Gasteiger partial charge is 0.248 e. The Morgan fingerprint density at radius 1 is 1.50 bits per heavy atom. The topological polar surface area (TPSA) is 56.3 Å². The zero-order valence-corrected chi connectivity index (χ0v) is 7.16. The number of nitrogens with one attached hydrogen (secondary N) is 1. The number of aromatic hydroxyl groups is 1. The number of H-pyrrole nitrogens is 1. The number of rotatable bonds is 2. The van der Waals surface area contributed by atoms with E-state index in [1.54, 1.807) is 0 Å². The van der Waals surface area contributed by atoms with E-state index in [9.17, 15) is 9.90 Å². The van der Waals surface area contributed by atoms with Gasteiger partial charge in [-0.1, -0.05) is 0 Å². The van der Waals surface area contributed by atoms with Crippen LogP contribution in [0.5, 0.6) is 5.75 Å². The van der Waals surface area contributed by atoms with Gasteiger partial charge in [0, 0.05) is 12.6 Å². The fourth-order valence-electron chi connectivity index (χ4n) is 0.946. The molecule has 0 fully saturated rings. The highest BCUT2D eigenvalue weighted by Gasteiger charge is 2.01. The van der Waals surface area contributed by atoms with E-state index in [2.05, 4.69) is 4.98 Å². The minimum atomic E-state index is -0.190. The van der Waals surface area contributed by atoms with Crippen LogP contribution >= 0.6 is 0 Å². The first-order chi connectivity index (χ1) is 5.59. The third-order valence-electron chi connectivity index (χ3n) is 1.45. The lowest BCUT2D eigenvalue weighted by Crippen LogP contribution is -2.15. The number of aromatic amines is 1. The highest BCUT2D eigenvalue weighted by Crippen LogP contribution is 2.11. The SMILES string of the molecule is CN(C)Cc1[nH]c(=O)ccc1O. The summed E-state index contributed by atoms with van der Waals surface area (Å²) < 4.78 is 0. The molecule has 0 bridgehead atoms. The molecule has 0 amide bonds. The number of hydrogen-bond acceptors (Lipinski definition) is 3. The van der Waals surface area contributed by atoms with Gasteiger partial charge in [-0.15, -0.1) is 0 Å². The summed E-state index contributed by atoms with van der Waals surface area (Å²) in [6.07, 6.45) is 0.